The first-order valence-corrected chi connectivity index (χ1v) is 8.70. The lowest BCUT2D eigenvalue weighted by atomic mass is 10.0. The van der Waals surface area contributed by atoms with Crippen molar-refractivity contribution in [2.45, 2.75) is 39.8 Å². The van der Waals surface area contributed by atoms with Crippen LogP contribution >= 0.6 is 0 Å². The molecule has 2 aromatic carbocycles. The summed E-state index contributed by atoms with van der Waals surface area (Å²) in [5, 5.41) is 7.75. The number of halogens is 2. The molecule has 1 N–H and O–H groups in total. The highest BCUT2D eigenvalue weighted by atomic mass is 19.1. The average Bonchev–Trinajstić information content (AvgIpc) is 2.93. The Morgan fingerprint density at radius 3 is 2.08 bits per heavy atom. The summed E-state index contributed by atoms with van der Waals surface area (Å²) in [6.45, 7) is 7.73. The number of rotatable bonds is 5. The summed E-state index contributed by atoms with van der Waals surface area (Å²) in [6, 6.07) is 13.5. The van der Waals surface area contributed by atoms with E-state index in [9.17, 15) is 8.78 Å². The van der Waals surface area contributed by atoms with Gasteiger partial charge in [0, 0.05) is 23.3 Å². The molecule has 0 spiro atoms. The van der Waals surface area contributed by atoms with Crippen molar-refractivity contribution in [3.8, 4) is 5.69 Å². The Labute approximate surface area is 152 Å². The molecule has 0 aliphatic carbocycles. The summed E-state index contributed by atoms with van der Waals surface area (Å²) in [5.74, 6) is -1.06. The van der Waals surface area contributed by atoms with Crippen molar-refractivity contribution < 1.29 is 8.78 Å². The first-order chi connectivity index (χ1) is 12.4. The molecule has 0 aliphatic rings. The van der Waals surface area contributed by atoms with Gasteiger partial charge in [0.05, 0.1) is 11.4 Å². The molecule has 2 atom stereocenters. The third-order valence-corrected chi connectivity index (χ3v) is 4.58. The highest BCUT2D eigenvalue weighted by Gasteiger charge is 2.18. The van der Waals surface area contributed by atoms with Crippen molar-refractivity contribution >= 4 is 0 Å². The van der Waals surface area contributed by atoms with Crippen LogP contribution in [0.2, 0.25) is 0 Å². The van der Waals surface area contributed by atoms with Crippen LogP contribution in [0.4, 0.5) is 8.78 Å². The van der Waals surface area contributed by atoms with Crippen molar-refractivity contribution in [2.75, 3.05) is 0 Å². The maximum atomic E-state index is 13.9. The Kier molecular flexibility index (Phi) is 5.18. The van der Waals surface area contributed by atoms with Crippen LogP contribution in [0.1, 0.15) is 48.4 Å². The fraction of sp³-hybridized carbons (Fsp3) is 0.286. The molecule has 3 nitrogen and oxygen atoms in total. The number of nitrogens with zero attached hydrogens (tertiary/aromatic N) is 2. The maximum absolute atomic E-state index is 13.9. The molecule has 26 heavy (non-hydrogen) atoms. The molecule has 0 bridgehead atoms. The Hall–Kier alpha value is -2.53. The SMILES string of the molecule is Cc1cc(C)n(-c2ccc(C(C)NC(C)c3c(F)cccc3F)cc2)n1. The van der Waals surface area contributed by atoms with Gasteiger partial charge in [-0.15, -0.1) is 0 Å². The summed E-state index contributed by atoms with van der Waals surface area (Å²) in [7, 11) is 0. The van der Waals surface area contributed by atoms with Gasteiger partial charge in [0.15, 0.2) is 0 Å². The van der Waals surface area contributed by atoms with E-state index in [0.29, 0.717) is 0 Å². The molecule has 0 aliphatic heterocycles. The lowest BCUT2D eigenvalue weighted by Crippen LogP contribution is -2.24. The Morgan fingerprint density at radius 2 is 1.54 bits per heavy atom. The summed E-state index contributed by atoms with van der Waals surface area (Å²) in [4.78, 5) is 0. The minimum absolute atomic E-state index is 0.0569. The quantitative estimate of drug-likeness (QED) is 0.683. The van der Waals surface area contributed by atoms with Crippen LogP contribution in [0.25, 0.3) is 5.69 Å². The fourth-order valence-corrected chi connectivity index (χ4v) is 3.27. The van der Waals surface area contributed by atoms with Crippen molar-refractivity contribution in [3.63, 3.8) is 0 Å². The van der Waals surface area contributed by atoms with E-state index in [4.69, 9.17) is 0 Å². The summed E-state index contributed by atoms with van der Waals surface area (Å²) >= 11 is 0. The van der Waals surface area contributed by atoms with Gasteiger partial charge in [0.25, 0.3) is 0 Å². The summed E-state index contributed by atoms with van der Waals surface area (Å²) in [6.07, 6.45) is 0. The lowest BCUT2D eigenvalue weighted by molar-refractivity contribution is 0.450. The minimum atomic E-state index is -0.530. The highest BCUT2D eigenvalue weighted by Crippen LogP contribution is 2.24. The van der Waals surface area contributed by atoms with E-state index in [1.807, 2.05) is 55.8 Å². The first kappa shape index (κ1) is 18.3. The standard InChI is InChI=1S/C21H23F2N3/c1-13-12-14(2)26(25-13)18-10-8-17(9-11-18)15(3)24-16(4)21-19(22)6-5-7-20(21)23/h5-12,15-16,24H,1-4H3. The Bertz CT molecular complexity index is 880. The van der Waals surface area contributed by atoms with E-state index in [1.54, 1.807) is 6.92 Å². The summed E-state index contributed by atoms with van der Waals surface area (Å²) in [5.41, 5.74) is 4.14. The van der Waals surface area contributed by atoms with Crippen LogP contribution in [0, 0.1) is 25.5 Å². The third kappa shape index (κ3) is 3.68. The third-order valence-electron chi connectivity index (χ3n) is 4.58. The van der Waals surface area contributed by atoms with Crippen molar-refractivity contribution in [1.82, 2.24) is 15.1 Å². The molecule has 136 valence electrons. The normalized spacial score (nSPS) is 13.6. The van der Waals surface area contributed by atoms with Gasteiger partial charge in [0.1, 0.15) is 11.6 Å². The van der Waals surface area contributed by atoms with Gasteiger partial charge in [-0.3, -0.25) is 0 Å². The lowest BCUT2D eigenvalue weighted by Gasteiger charge is -2.22. The molecule has 0 saturated heterocycles. The predicted molar refractivity (Wildman–Crippen MR) is 99.4 cm³/mol. The number of hydrogen-bond acceptors (Lipinski definition) is 2. The number of benzene rings is 2. The van der Waals surface area contributed by atoms with E-state index in [1.165, 1.54) is 18.2 Å². The molecule has 0 amide bonds. The van der Waals surface area contributed by atoms with Crippen LogP contribution in [0.3, 0.4) is 0 Å². The predicted octanol–water partition coefficient (Wildman–Crippen LogP) is 5.18. The Morgan fingerprint density at radius 1 is 0.923 bits per heavy atom. The molecule has 1 heterocycles. The zero-order valence-electron chi connectivity index (χ0n) is 15.4. The number of nitrogens with one attached hydrogen (secondary N) is 1. The molecule has 0 radical (unpaired) electrons. The molecular weight excluding hydrogens is 332 g/mol. The number of hydrogen-bond donors (Lipinski definition) is 1. The molecule has 3 rings (SSSR count). The average molecular weight is 355 g/mol. The highest BCUT2D eigenvalue weighted by molar-refractivity contribution is 5.37. The minimum Gasteiger partial charge on any atom is -0.303 e. The van der Waals surface area contributed by atoms with Crippen molar-refractivity contribution in [1.29, 1.82) is 0 Å². The van der Waals surface area contributed by atoms with E-state index >= 15 is 0 Å². The van der Waals surface area contributed by atoms with Gasteiger partial charge in [-0.25, -0.2) is 13.5 Å². The molecule has 1 aromatic heterocycles. The van der Waals surface area contributed by atoms with Gasteiger partial charge < -0.3 is 5.32 Å². The topological polar surface area (TPSA) is 29.9 Å². The second-order valence-corrected chi connectivity index (χ2v) is 6.68. The van der Waals surface area contributed by atoms with Crippen LogP contribution in [0.15, 0.2) is 48.5 Å². The van der Waals surface area contributed by atoms with E-state index in [0.717, 1.165) is 22.6 Å². The second-order valence-electron chi connectivity index (χ2n) is 6.68. The molecule has 0 saturated carbocycles. The summed E-state index contributed by atoms with van der Waals surface area (Å²) < 4.78 is 29.8. The fourth-order valence-electron chi connectivity index (χ4n) is 3.27. The van der Waals surface area contributed by atoms with Gasteiger partial charge in [0.2, 0.25) is 0 Å². The molecule has 0 fully saturated rings. The maximum Gasteiger partial charge on any atom is 0.130 e. The van der Waals surface area contributed by atoms with Crippen molar-refractivity contribution in [3.05, 3.63) is 82.7 Å². The van der Waals surface area contributed by atoms with Crippen molar-refractivity contribution in [2.24, 2.45) is 0 Å². The first-order valence-electron chi connectivity index (χ1n) is 8.70. The molecule has 3 aromatic rings. The van der Waals surface area contributed by atoms with Crippen LogP contribution < -0.4 is 5.32 Å². The van der Waals surface area contributed by atoms with E-state index in [-0.39, 0.29) is 11.6 Å². The van der Waals surface area contributed by atoms with Gasteiger partial charge in [-0.1, -0.05) is 18.2 Å². The second kappa shape index (κ2) is 7.38. The zero-order valence-corrected chi connectivity index (χ0v) is 15.4. The van der Waals surface area contributed by atoms with E-state index < -0.39 is 17.7 Å². The monoisotopic (exact) mass is 355 g/mol. The molecule has 5 heteroatoms. The number of aromatic nitrogens is 2. The zero-order chi connectivity index (χ0) is 18.8. The molecular formula is C21H23F2N3. The van der Waals surface area contributed by atoms with Gasteiger partial charge in [-0.2, -0.15) is 5.10 Å². The largest absolute Gasteiger partial charge is 0.303 e. The van der Waals surface area contributed by atoms with Crippen LogP contribution in [0.5, 0.6) is 0 Å². The van der Waals surface area contributed by atoms with Crippen LogP contribution in [-0.2, 0) is 0 Å². The van der Waals surface area contributed by atoms with Gasteiger partial charge >= 0.3 is 0 Å². The smallest absolute Gasteiger partial charge is 0.130 e. The van der Waals surface area contributed by atoms with Crippen LogP contribution in [-0.4, -0.2) is 9.78 Å². The number of aryl methyl sites for hydroxylation is 2. The Balaban J connectivity index is 1.76. The molecule has 2 unspecified atom stereocenters. The van der Waals surface area contributed by atoms with Gasteiger partial charge in [-0.05, 0) is 63.6 Å². The van der Waals surface area contributed by atoms with E-state index in [2.05, 4.69) is 10.4 Å².